The minimum Gasteiger partial charge on any atom is -0.272 e. The van der Waals surface area contributed by atoms with Crippen LogP contribution in [0.3, 0.4) is 0 Å². The predicted octanol–water partition coefficient (Wildman–Crippen LogP) is 3.90. The van der Waals surface area contributed by atoms with Crippen LogP contribution >= 0.6 is 0 Å². The summed E-state index contributed by atoms with van der Waals surface area (Å²) >= 11 is 0. The van der Waals surface area contributed by atoms with Crippen LogP contribution in [0.5, 0.6) is 0 Å². The minimum atomic E-state index is -0.371. The largest absolute Gasteiger partial charge is 0.360 e. The molecule has 0 unspecified atom stereocenters. The second kappa shape index (κ2) is 7.77. The first kappa shape index (κ1) is 16.2. The number of hydrogen-bond donors (Lipinski definition) is 0. The molecule has 2 aromatic carbocycles. The van der Waals surface area contributed by atoms with Crippen molar-refractivity contribution in [3.63, 3.8) is 0 Å². The lowest BCUT2D eigenvalue weighted by molar-refractivity contribution is 0.0991. The number of likely N-dealkylation sites (tertiary alicyclic amines) is 1. The third-order valence-corrected chi connectivity index (χ3v) is 4.27. The second-order valence-electron chi connectivity index (χ2n) is 5.95. The van der Waals surface area contributed by atoms with Gasteiger partial charge in [0.1, 0.15) is 5.11 Å². The average molecular weight is 321 g/mol. The Hall–Kier alpha value is -2.62. The fraction of sp³-hybridized carbons (Fsp3) is 0.316. The molecule has 5 heteroatoms. The highest BCUT2D eigenvalue weighted by atomic mass is 16.1. The fourth-order valence-corrected chi connectivity index (χ4v) is 2.95. The van der Waals surface area contributed by atoms with E-state index in [1.165, 1.54) is 5.56 Å². The summed E-state index contributed by atoms with van der Waals surface area (Å²) in [6, 6.07) is 17.1. The van der Waals surface area contributed by atoms with Gasteiger partial charge in [-0.2, -0.15) is 0 Å². The van der Waals surface area contributed by atoms with Gasteiger partial charge < -0.3 is 0 Å². The zero-order valence-corrected chi connectivity index (χ0v) is 13.8. The van der Waals surface area contributed by atoms with Gasteiger partial charge in [-0.3, -0.25) is 9.69 Å². The van der Waals surface area contributed by atoms with Gasteiger partial charge in [-0.05, 0) is 37.5 Å². The fourth-order valence-electron chi connectivity index (χ4n) is 2.95. The molecule has 0 N–H and O–H groups in total. The first-order valence-electron chi connectivity index (χ1n) is 8.25. The van der Waals surface area contributed by atoms with Crippen LogP contribution in [0.2, 0.25) is 0 Å². The van der Waals surface area contributed by atoms with Gasteiger partial charge in [-0.1, -0.05) is 42.5 Å². The number of rotatable bonds is 4. The number of aryl methyl sites for hydroxylation is 1. The molecule has 1 heterocycles. The molecule has 0 bridgehead atoms. The summed E-state index contributed by atoms with van der Waals surface area (Å²) in [5.74, 6) is -0.371. The molecular formula is C19H21N4O+. The molecule has 1 amide bonds. The van der Waals surface area contributed by atoms with E-state index in [9.17, 15) is 4.79 Å². The molecule has 1 saturated heterocycles. The van der Waals surface area contributed by atoms with E-state index >= 15 is 0 Å². The number of nitrogens with zero attached hydrogens (tertiary/aromatic N) is 4. The standard InChI is InChI=1S/C19H21N4O/c1-15-9-5-6-12-17(15)18(23-13-7-8-14-23)20-22-21-19(24)16-10-3-2-4-11-16/h2-6,9-12,18H,7-8,13-14H2,1H3/q+1/t18-/m0/s1. The van der Waals surface area contributed by atoms with Crippen molar-refractivity contribution in [3.8, 4) is 0 Å². The Labute approximate surface area is 141 Å². The monoisotopic (exact) mass is 321 g/mol. The predicted molar refractivity (Wildman–Crippen MR) is 92.5 cm³/mol. The van der Waals surface area contributed by atoms with Crippen molar-refractivity contribution in [2.75, 3.05) is 13.1 Å². The van der Waals surface area contributed by atoms with E-state index in [2.05, 4.69) is 39.1 Å². The molecule has 0 aliphatic carbocycles. The molecule has 2 aromatic rings. The summed E-state index contributed by atoms with van der Waals surface area (Å²) in [5, 5.41) is 8.12. The van der Waals surface area contributed by atoms with Crippen LogP contribution < -0.4 is 4.91 Å². The van der Waals surface area contributed by atoms with Crippen molar-refractivity contribution >= 4 is 5.91 Å². The molecular weight excluding hydrogens is 300 g/mol. The van der Waals surface area contributed by atoms with Crippen molar-refractivity contribution in [3.05, 3.63) is 71.3 Å². The summed E-state index contributed by atoms with van der Waals surface area (Å²) in [7, 11) is 0. The number of benzene rings is 2. The third kappa shape index (κ3) is 3.82. The Morgan fingerprint density at radius 1 is 1.04 bits per heavy atom. The van der Waals surface area contributed by atoms with Gasteiger partial charge in [0.2, 0.25) is 16.2 Å². The lowest BCUT2D eigenvalue weighted by atomic mass is 10.1. The first-order chi connectivity index (χ1) is 11.8. The topological polar surface area (TPSA) is 59.1 Å². The molecule has 122 valence electrons. The first-order valence-corrected chi connectivity index (χ1v) is 8.25. The van der Waals surface area contributed by atoms with Crippen LogP contribution in [-0.2, 0) is 0 Å². The number of hydrogen-bond acceptors (Lipinski definition) is 3. The van der Waals surface area contributed by atoms with Crippen molar-refractivity contribution < 1.29 is 4.79 Å². The highest BCUT2D eigenvalue weighted by molar-refractivity contribution is 5.94. The van der Waals surface area contributed by atoms with Gasteiger partial charge >= 0.3 is 5.91 Å². The molecule has 1 fully saturated rings. The highest BCUT2D eigenvalue weighted by Gasteiger charge is 2.28. The van der Waals surface area contributed by atoms with Crippen LogP contribution in [-0.4, -0.2) is 23.9 Å². The second-order valence-corrected chi connectivity index (χ2v) is 5.95. The molecule has 1 aliphatic heterocycles. The van der Waals surface area contributed by atoms with Gasteiger partial charge in [-0.15, -0.1) is 0 Å². The van der Waals surface area contributed by atoms with Crippen molar-refractivity contribution in [1.29, 1.82) is 0 Å². The lowest BCUT2D eigenvalue weighted by Gasteiger charge is -2.20. The minimum absolute atomic E-state index is 0.180. The van der Waals surface area contributed by atoms with E-state index in [4.69, 9.17) is 0 Å². The molecule has 0 radical (unpaired) electrons. The van der Waals surface area contributed by atoms with Crippen LogP contribution in [0.4, 0.5) is 0 Å². The van der Waals surface area contributed by atoms with Crippen molar-refractivity contribution in [2.24, 2.45) is 10.2 Å². The van der Waals surface area contributed by atoms with Crippen LogP contribution in [0.15, 0.2) is 64.8 Å². The molecule has 3 rings (SSSR count). The van der Waals surface area contributed by atoms with E-state index in [-0.39, 0.29) is 12.1 Å². The molecule has 1 aliphatic rings. The Morgan fingerprint density at radius 2 is 1.71 bits per heavy atom. The van der Waals surface area contributed by atoms with E-state index in [0.717, 1.165) is 31.5 Å². The van der Waals surface area contributed by atoms with Crippen molar-refractivity contribution in [1.82, 2.24) is 9.81 Å². The Bertz CT molecular complexity index is 760. The summed E-state index contributed by atoms with van der Waals surface area (Å²) in [6.45, 7) is 4.05. The maximum atomic E-state index is 12.0. The molecule has 0 saturated carbocycles. The van der Waals surface area contributed by atoms with Crippen LogP contribution in [0.1, 0.15) is 40.5 Å². The molecule has 24 heavy (non-hydrogen) atoms. The Balaban J connectivity index is 1.85. The highest BCUT2D eigenvalue weighted by Crippen LogP contribution is 2.27. The van der Waals surface area contributed by atoms with Gasteiger partial charge in [0.05, 0.1) is 0 Å². The van der Waals surface area contributed by atoms with E-state index in [0.29, 0.717) is 5.56 Å². The number of carbonyl (C=O) groups excluding carboxylic acids is 1. The molecule has 1 atom stereocenters. The summed E-state index contributed by atoms with van der Waals surface area (Å²) in [4.78, 5) is 18.2. The lowest BCUT2D eigenvalue weighted by Crippen LogP contribution is -2.25. The Kier molecular flexibility index (Phi) is 5.26. The summed E-state index contributed by atoms with van der Waals surface area (Å²) in [5.41, 5.74) is 2.80. The zero-order valence-electron chi connectivity index (χ0n) is 13.8. The molecule has 5 nitrogen and oxygen atoms in total. The number of amides is 1. The van der Waals surface area contributed by atoms with Gasteiger partial charge in [0, 0.05) is 24.2 Å². The summed E-state index contributed by atoms with van der Waals surface area (Å²) < 4.78 is 0. The zero-order chi connectivity index (χ0) is 16.8. The quantitative estimate of drug-likeness (QED) is 0.633. The van der Waals surface area contributed by atoms with Gasteiger partial charge in [0.15, 0.2) is 0 Å². The van der Waals surface area contributed by atoms with E-state index < -0.39 is 0 Å². The van der Waals surface area contributed by atoms with Crippen LogP contribution in [0.25, 0.3) is 0 Å². The SMILES string of the molecule is Cc1ccccc1[C@@H](N=[N+]=NC(=O)c1ccccc1)N1CCCC1. The third-order valence-electron chi connectivity index (χ3n) is 4.27. The maximum Gasteiger partial charge on any atom is 0.360 e. The molecule has 0 spiro atoms. The normalized spacial score (nSPS) is 15.5. The average Bonchev–Trinajstić information content (AvgIpc) is 3.14. The van der Waals surface area contributed by atoms with E-state index in [1.807, 2.05) is 18.2 Å². The Morgan fingerprint density at radius 3 is 2.42 bits per heavy atom. The molecule has 0 aromatic heterocycles. The maximum absolute atomic E-state index is 12.0. The van der Waals surface area contributed by atoms with Gasteiger partial charge in [-0.25, -0.2) is 0 Å². The van der Waals surface area contributed by atoms with Crippen molar-refractivity contribution in [2.45, 2.75) is 25.9 Å². The van der Waals surface area contributed by atoms with E-state index in [1.54, 1.807) is 24.3 Å². The summed E-state index contributed by atoms with van der Waals surface area (Å²) in [6.07, 6.45) is 2.15. The van der Waals surface area contributed by atoms with Gasteiger partial charge in [0.25, 0.3) is 0 Å². The van der Waals surface area contributed by atoms with Crippen LogP contribution in [0, 0.1) is 6.92 Å². The smallest absolute Gasteiger partial charge is 0.272 e. The number of carbonyl (C=O) groups is 1.